The van der Waals surface area contributed by atoms with Crippen LogP contribution in [0.1, 0.15) is 58.9 Å². The van der Waals surface area contributed by atoms with Crippen LogP contribution < -0.4 is 5.32 Å². The molecule has 0 aliphatic heterocycles. The number of carbonyl (C=O) groups is 3. The van der Waals surface area contributed by atoms with Crippen molar-refractivity contribution in [3.05, 3.63) is 56.7 Å². The molecule has 0 aliphatic rings. The van der Waals surface area contributed by atoms with Crippen molar-refractivity contribution in [3.63, 3.8) is 0 Å². The van der Waals surface area contributed by atoms with Crippen LogP contribution >= 0.6 is 22.9 Å². The van der Waals surface area contributed by atoms with Crippen LogP contribution in [0.2, 0.25) is 5.02 Å². The molecule has 0 spiro atoms. The van der Waals surface area contributed by atoms with Crippen molar-refractivity contribution in [1.82, 2.24) is 0 Å². The van der Waals surface area contributed by atoms with Crippen molar-refractivity contribution < 1.29 is 28.2 Å². The number of rotatable bonds is 6. The summed E-state index contributed by atoms with van der Waals surface area (Å²) in [6, 6.07) is 4.17. The van der Waals surface area contributed by atoms with Gasteiger partial charge in [0.2, 0.25) is 5.91 Å². The van der Waals surface area contributed by atoms with Crippen LogP contribution in [-0.4, -0.2) is 30.1 Å². The number of ether oxygens (including phenoxy) is 2. The molecule has 1 amide bonds. The molecule has 1 heterocycles. The largest absolute Gasteiger partial charge is 0.462 e. The van der Waals surface area contributed by atoms with Crippen LogP contribution in [0.25, 0.3) is 6.08 Å². The van der Waals surface area contributed by atoms with E-state index in [0.29, 0.717) is 5.56 Å². The maximum atomic E-state index is 13.9. The van der Waals surface area contributed by atoms with Crippen LogP contribution in [0.3, 0.4) is 0 Å². The Morgan fingerprint density at radius 2 is 1.90 bits per heavy atom. The van der Waals surface area contributed by atoms with Crippen LogP contribution in [0.4, 0.5) is 9.39 Å². The van der Waals surface area contributed by atoms with Gasteiger partial charge < -0.3 is 14.8 Å². The Balaban J connectivity index is 2.36. The van der Waals surface area contributed by atoms with E-state index in [0.717, 1.165) is 17.4 Å². The number of anilines is 1. The number of halogens is 2. The zero-order chi connectivity index (χ0) is 23.3. The van der Waals surface area contributed by atoms with Crippen molar-refractivity contribution >= 4 is 51.9 Å². The molecular formula is C22H23ClFNO5S. The highest BCUT2D eigenvalue weighted by atomic mass is 35.5. The van der Waals surface area contributed by atoms with Gasteiger partial charge in [0.25, 0.3) is 0 Å². The van der Waals surface area contributed by atoms with Crippen molar-refractivity contribution in [1.29, 1.82) is 0 Å². The van der Waals surface area contributed by atoms with Crippen LogP contribution in [0, 0.1) is 12.7 Å². The number of hydrogen-bond acceptors (Lipinski definition) is 6. The average molecular weight is 468 g/mol. The molecular weight excluding hydrogens is 445 g/mol. The van der Waals surface area contributed by atoms with E-state index in [-0.39, 0.29) is 32.6 Å². The number of benzene rings is 1. The van der Waals surface area contributed by atoms with Gasteiger partial charge in [-0.3, -0.25) is 4.79 Å². The lowest BCUT2D eigenvalue weighted by Crippen LogP contribution is -2.23. The van der Waals surface area contributed by atoms with Crippen molar-refractivity contribution in [3.8, 4) is 0 Å². The minimum atomic E-state index is -0.733. The number of nitrogens with one attached hydrogen (secondary N) is 1. The standard InChI is InChI=1S/C22H23ClFNO5S/c1-6-29-20(27)17-12(2)18(21(28)30-22(3,4)5)31-19(17)25-16(26)11-10-13-14(23)8-7-9-15(13)24/h7-11H,6H2,1-5H3,(H,25,26)/b11-10+. The third-order valence-corrected chi connectivity index (χ3v) is 5.37. The van der Waals surface area contributed by atoms with Crippen LogP contribution in [-0.2, 0) is 14.3 Å². The lowest BCUT2D eigenvalue weighted by Gasteiger charge is -2.19. The van der Waals surface area contributed by atoms with Gasteiger partial charge in [0.05, 0.1) is 17.2 Å². The molecule has 0 saturated heterocycles. The molecule has 0 fully saturated rings. The highest BCUT2D eigenvalue weighted by Gasteiger charge is 2.29. The zero-order valence-corrected chi connectivity index (χ0v) is 19.4. The molecule has 2 rings (SSSR count). The summed E-state index contributed by atoms with van der Waals surface area (Å²) in [4.78, 5) is 37.6. The number of thiophene rings is 1. The van der Waals surface area contributed by atoms with E-state index in [1.54, 1.807) is 34.6 Å². The summed E-state index contributed by atoms with van der Waals surface area (Å²) in [5.74, 6) is -2.51. The SMILES string of the molecule is CCOC(=O)c1c(NC(=O)/C=C/c2c(F)cccc2Cl)sc(C(=O)OC(C)(C)C)c1C. The van der Waals surface area contributed by atoms with Gasteiger partial charge in [-0.05, 0) is 58.4 Å². The summed E-state index contributed by atoms with van der Waals surface area (Å²) in [7, 11) is 0. The van der Waals surface area contributed by atoms with E-state index in [1.807, 2.05) is 0 Å². The Hall–Kier alpha value is -2.71. The monoisotopic (exact) mass is 467 g/mol. The average Bonchev–Trinajstić information content (AvgIpc) is 2.96. The zero-order valence-electron chi connectivity index (χ0n) is 17.8. The molecule has 0 aliphatic carbocycles. The van der Waals surface area contributed by atoms with Crippen molar-refractivity contribution in [2.45, 2.75) is 40.2 Å². The van der Waals surface area contributed by atoms with Gasteiger partial charge in [0.1, 0.15) is 21.3 Å². The van der Waals surface area contributed by atoms with Gasteiger partial charge >= 0.3 is 11.9 Å². The fraction of sp³-hybridized carbons (Fsp3) is 0.318. The molecule has 0 radical (unpaired) electrons. The molecule has 0 unspecified atom stereocenters. The number of amides is 1. The van der Waals surface area contributed by atoms with E-state index in [4.69, 9.17) is 21.1 Å². The smallest absolute Gasteiger partial charge is 0.349 e. The minimum absolute atomic E-state index is 0.0572. The summed E-state index contributed by atoms with van der Waals surface area (Å²) in [5, 5.41) is 2.84. The lowest BCUT2D eigenvalue weighted by atomic mass is 10.1. The molecule has 1 N–H and O–H groups in total. The van der Waals surface area contributed by atoms with Gasteiger partial charge in [-0.15, -0.1) is 11.3 Å². The molecule has 0 bridgehead atoms. The number of carbonyl (C=O) groups excluding carboxylic acids is 3. The highest BCUT2D eigenvalue weighted by molar-refractivity contribution is 7.18. The Labute approximate surface area is 189 Å². The predicted molar refractivity (Wildman–Crippen MR) is 119 cm³/mol. The molecule has 2 aromatic rings. The molecule has 6 nitrogen and oxygen atoms in total. The summed E-state index contributed by atoms with van der Waals surface area (Å²) >= 11 is 6.86. The first kappa shape index (κ1) is 24.6. The van der Waals surface area contributed by atoms with Gasteiger partial charge in [0, 0.05) is 11.6 Å². The van der Waals surface area contributed by atoms with Crippen LogP contribution in [0.15, 0.2) is 24.3 Å². The first-order valence-corrected chi connectivity index (χ1v) is 10.6. The molecule has 1 aromatic carbocycles. The van der Waals surface area contributed by atoms with E-state index < -0.39 is 29.3 Å². The topological polar surface area (TPSA) is 81.7 Å². The third kappa shape index (κ3) is 6.38. The molecule has 0 atom stereocenters. The second kappa shape index (κ2) is 10.1. The van der Waals surface area contributed by atoms with E-state index in [2.05, 4.69) is 5.32 Å². The minimum Gasteiger partial charge on any atom is -0.462 e. The number of esters is 2. The predicted octanol–water partition coefficient (Wildman–Crippen LogP) is 5.63. The maximum absolute atomic E-state index is 13.9. The Morgan fingerprint density at radius 3 is 2.48 bits per heavy atom. The Morgan fingerprint density at radius 1 is 1.23 bits per heavy atom. The van der Waals surface area contributed by atoms with E-state index in [1.165, 1.54) is 24.3 Å². The van der Waals surface area contributed by atoms with Gasteiger partial charge in [0.15, 0.2) is 0 Å². The van der Waals surface area contributed by atoms with Gasteiger partial charge in [-0.1, -0.05) is 17.7 Å². The molecule has 1 aromatic heterocycles. The Kier molecular flexibility index (Phi) is 7.97. The van der Waals surface area contributed by atoms with E-state index in [9.17, 15) is 18.8 Å². The quantitative estimate of drug-likeness (QED) is 0.439. The second-order valence-electron chi connectivity index (χ2n) is 7.44. The summed E-state index contributed by atoms with van der Waals surface area (Å²) in [6.07, 6.45) is 2.31. The maximum Gasteiger partial charge on any atom is 0.349 e. The third-order valence-electron chi connectivity index (χ3n) is 3.85. The van der Waals surface area contributed by atoms with E-state index >= 15 is 0 Å². The van der Waals surface area contributed by atoms with Gasteiger partial charge in [-0.25, -0.2) is 14.0 Å². The van der Waals surface area contributed by atoms with Crippen molar-refractivity contribution in [2.75, 3.05) is 11.9 Å². The van der Waals surface area contributed by atoms with Gasteiger partial charge in [-0.2, -0.15) is 0 Å². The van der Waals surface area contributed by atoms with Crippen LogP contribution in [0.5, 0.6) is 0 Å². The first-order chi connectivity index (χ1) is 14.4. The van der Waals surface area contributed by atoms with Crippen molar-refractivity contribution in [2.24, 2.45) is 0 Å². The fourth-order valence-electron chi connectivity index (χ4n) is 2.55. The number of hydrogen-bond donors (Lipinski definition) is 1. The Bertz CT molecular complexity index is 1020. The molecule has 9 heteroatoms. The second-order valence-corrected chi connectivity index (χ2v) is 8.87. The molecule has 0 saturated carbocycles. The molecule has 31 heavy (non-hydrogen) atoms. The summed E-state index contributed by atoms with van der Waals surface area (Å²) in [6.45, 7) is 8.51. The molecule has 166 valence electrons. The highest BCUT2D eigenvalue weighted by Crippen LogP contribution is 2.35. The summed E-state index contributed by atoms with van der Waals surface area (Å²) in [5.41, 5.74) is -0.266. The fourth-order valence-corrected chi connectivity index (χ4v) is 3.85. The summed E-state index contributed by atoms with van der Waals surface area (Å²) < 4.78 is 24.3. The lowest BCUT2D eigenvalue weighted by molar-refractivity contribution is -0.111. The normalized spacial score (nSPS) is 11.5. The first-order valence-electron chi connectivity index (χ1n) is 9.41.